The number of fused-ring (bicyclic) bond motifs is 1. The number of aromatic nitrogens is 2. The van der Waals surface area contributed by atoms with Gasteiger partial charge in [-0.15, -0.1) is 22.7 Å². The largest absolute Gasteiger partial charge is 0.497 e. The standard InChI is InChI=1S/C70H52N6O6S3/c1-79-58-29-21-54(22-30-58)75(55-23-31-59(80-2)32-24-55)52-17-13-50(14-18-52)74(51-15-19-53(20-16-51)76(56-25-33-60(81-3)34-26-56)57-27-35-61(82-4)36-28-57)49-11-9-47(10-12-49)64-39-41-66(83-64)67-42-40-65(84-67)63-38-37-62(68-69(63)73-85-72-68)46-7-5-45(6-8-46)43-48(44-71)70(77)78/h5-43H,1-4H3,(H,77,78)/b48-43-. The van der Waals surface area contributed by atoms with Crippen molar-refractivity contribution in [1.82, 2.24) is 8.75 Å². The van der Waals surface area contributed by atoms with Gasteiger partial charge in [0, 0.05) is 81.8 Å². The molecule has 0 fully saturated rings. The smallest absolute Gasteiger partial charge is 0.346 e. The molecule has 12 rings (SSSR count). The Morgan fingerprint density at radius 2 is 0.706 bits per heavy atom. The first-order valence-electron chi connectivity index (χ1n) is 26.9. The molecule has 85 heavy (non-hydrogen) atoms. The van der Waals surface area contributed by atoms with E-state index in [0.29, 0.717) is 5.56 Å². The third kappa shape index (κ3) is 11.5. The van der Waals surface area contributed by atoms with Crippen molar-refractivity contribution in [3.05, 3.63) is 242 Å². The van der Waals surface area contributed by atoms with Gasteiger partial charge in [-0.2, -0.15) is 14.0 Å². The highest BCUT2D eigenvalue weighted by molar-refractivity contribution is 7.25. The van der Waals surface area contributed by atoms with Crippen LogP contribution in [0.1, 0.15) is 5.56 Å². The van der Waals surface area contributed by atoms with Crippen LogP contribution in [0.15, 0.2) is 236 Å². The molecule has 1 N–H and O–H groups in total. The molecule has 12 aromatic rings. The summed E-state index contributed by atoms with van der Waals surface area (Å²) in [5, 5.41) is 18.5. The van der Waals surface area contributed by atoms with Gasteiger partial charge in [0.15, 0.2) is 0 Å². The van der Waals surface area contributed by atoms with Crippen LogP contribution in [-0.4, -0.2) is 48.3 Å². The maximum absolute atomic E-state index is 11.4. The Kier molecular flexibility index (Phi) is 15.9. The van der Waals surface area contributed by atoms with Crippen molar-refractivity contribution in [1.29, 1.82) is 5.26 Å². The molecule has 0 aliphatic carbocycles. The van der Waals surface area contributed by atoms with Crippen LogP contribution in [0.4, 0.5) is 51.2 Å². The predicted molar refractivity (Wildman–Crippen MR) is 346 cm³/mol. The molecular formula is C70H52N6O6S3. The Morgan fingerprint density at radius 1 is 0.400 bits per heavy atom. The molecule has 0 bridgehead atoms. The van der Waals surface area contributed by atoms with E-state index in [1.807, 2.05) is 60.7 Å². The number of thiophene rings is 2. The molecule has 15 heteroatoms. The second kappa shape index (κ2) is 24.5. The molecule has 0 spiro atoms. The summed E-state index contributed by atoms with van der Waals surface area (Å²) in [5.41, 5.74) is 14.6. The minimum Gasteiger partial charge on any atom is -0.497 e. The predicted octanol–water partition coefficient (Wildman–Crippen LogP) is 18.9. The summed E-state index contributed by atoms with van der Waals surface area (Å²) in [6.07, 6.45) is 1.36. The van der Waals surface area contributed by atoms with E-state index in [1.54, 1.807) is 69.3 Å². The average molecular weight is 1170 g/mol. The lowest BCUT2D eigenvalue weighted by Gasteiger charge is -2.29. The lowest BCUT2D eigenvalue weighted by molar-refractivity contribution is -0.132. The minimum absolute atomic E-state index is 0.325. The monoisotopic (exact) mass is 1170 g/mol. The molecule has 0 aliphatic rings. The van der Waals surface area contributed by atoms with Gasteiger partial charge in [0.2, 0.25) is 0 Å². The normalized spacial score (nSPS) is 11.2. The summed E-state index contributed by atoms with van der Waals surface area (Å²) >= 11 is 4.65. The zero-order valence-electron chi connectivity index (χ0n) is 46.4. The summed E-state index contributed by atoms with van der Waals surface area (Å²) < 4.78 is 31.6. The number of hydrogen-bond acceptors (Lipinski definition) is 14. The van der Waals surface area contributed by atoms with Gasteiger partial charge in [-0.25, -0.2) is 4.79 Å². The maximum atomic E-state index is 11.4. The van der Waals surface area contributed by atoms with E-state index >= 15 is 0 Å². The molecule has 0 saturated heterocycles. The molecule has 0 amide bonds. The van der Waals surface area contributed by atoms with Gasteiger partial charge in [0.1, 0.15) is 45.7 Å². The summed E-state index contributed by atoms with van der Waals surface area (Å²) in [7, 11) is 6.70. The number of rotatable bonds is 19. The average Bonchev–Trinajstić information content (AvgIpc) is 3.26. The van der Waals surface area contributed by atoms with Crippen LogP contribution in [0, 0.1) is 11.3 Å². The highest BCUT2D eigenvalue weighted by Crippen LogP contribution is 2.46. The molecule has 0 atom stereocenters. The maximum Gasteiger partial charge on any atom is 0.346 e. The van der Waals surface area contributed by atoms with E-state index in [-0.39, 0.29) is 5.57 Å². The Labute approximate surface area is 504 Å². The Balaban J connectivity index is 0.856. The van der Waals surface area contributed by atoms with E-state index in [4.69, 9.17) is 27.7 Å². The Hall–Kier alpha value is -10.5. The van der Waals surface area contributed by atoms with Gasteiger partial charge in [-0.1, -0.05) is 48.5 Å². The zero-order chi connectivity index (χ0) is 58.4. The van der Waals surface area contributed by atoms with Gasteiger partial charge < -0.3 is 38.8 Å². The van der Waals surface area contributed by atoms with Crippen LogP contribution < -0.4 is 33.6 Å². The highest BCUT2D eigenvalue weighted by atomic mass is 32.1. The molecule has 3 aromatic heterocycles. The van der Waals surface area contributed by atoms with Crippen LogP contribution in [-0.2, 0) is 4.79 Å². The number of carboxylic acids is 1. The van der Waals surface area contributed by atoms with Crippen LogP contribution in [0.2, 0.25) is 0 Å². The van der Waals surface area contributed by atoms with Gasteiger partial charge in [0.25, 0.3) is 0 Å². The first-order chi connectivity index (χ1) is 41.7. The van der Waals surface area contributed by atoms with Crippen molar-refractivity contribution in [3.8, 4) is 70.8 Å². The van der Waals surface area contributed by atoms with Crippen molar-refractivity contribution >= 4 is 109 Å². The number of benzene rings is 9. The van der Waals surface area contributed by atoms with E-state index in [1.165, 1.54) is 17.8 Å². The van der Waals surface area contributed by atoms with Gasteiger partial charge >= 0.3 is 5.97 Å². The molecule has 0 radical (unpaired) electrons. The minimum atomic E-state index is -1.26. The molecular weight excluding hydrogens is 1120 g/mol. The number of aliphatic carboxylic acids is 1. The summed E-state index contributed by atoms with van der Waals surface area (Å²) in [4.78, 5) is 22.7. The fraction of sp³-hybridized carbons (Fsp3) is 0.0571. The number of methoxy groups -OCH3 is 4. The fourth-order valence-corrected chi connectivity index (χ4v) is 12.9. The number of hydrogen-bond donors (Lipinski definition) is 1. The lowest BCUT2D eigenvalue weighted by atomic mass is 9.99. The second-order valence-electron chi connectivity index (χ2n) is 19.4. The molecule has 0 saturated carbocycles. The van der Waals surface area contributed by atoms with E-state index < -0.39 is 5.97 Å². The Morgan fingerprint density at radius 3 is 1.07 bits per heavy atom. The number of anilines is 9. The fourth-order valence-electron chi connectivity index (χ4n) is 10.1. The number of ether oxygens (including phenoxy) is 4. The summed E-state index contributed by atoms with van der Waals surface area (Å²) in [6.45, 7) is 0. The molecule has 0 aliphatic heterocycles. The van der Waals surface area contributed by atoms with Crippen molar-refractivity contribution < 1.29 is 28.8 Å². The van der Waals surface area contributed by atoms with Gasteiger partial charge in [-0.3, -0.25) is 0 Å². The molecule has 0 unspecified atom stereocenters. The first-order valence-corrected chi connectivity index (χ1v) is 29.2. The van der Waals surface area contributed by atoms with Crippen LogP contribution >= 0.6 is 34.4 Å². The SMILES string of the molecule is COc1ccc(N(c2ccc(OC)cc2)c2ccc(N(c3ccc(-c4ccc(-c5ccc(-c6ccc(-c7ccc(/C=C(/C#N)C(=O)O)cc7)c7nsnc67)s5)s4)cc3)c3ccc(N(c4ccc(OC)cc4)c4ccc(OC)cc4)cc3)cc2)cc1. The van der Waals surface area contributed by atoms with E-state index in [9.17, 15) is 15.2 Å². The number of nitrogens with zero attached hydrogens (tertiary/aromatic N) is 6. The van der Waals surface area contributed by atoms with Gasteiger partial charge in [-0.05, 0) is 205 Å². The van der Waals surface area contributed by atoms with E-state index in [0.717, 1.165) is 127 Å². The van der Waals surface area contributed by atoms with Crippen LogP contribution in [0.3, 0.4) is 0 Å². The second-order valence-corrected chi connectivity index (χ2v) is 22.1. The van der Waals surface area contributed by atoms with Crippen LogP contribution in [0.5, 0.6) is 23.0 Å². The first kappa shape index (κ1) is 55.1. The quantitative estimate of drug-likeness (QED) is 0.0610. The van der Waals surface area contributed by atoms with Gasteiger partial charge in [0.05, 0.1) is 40.2 Å². The lowest BCUT2D eigenvalue weighted by Crippen LogP contribution is -2.13. The summed E-state index contributed by atoms with van der Waals surface area (Å²) in [5.74, 6) is 1.85. The molecule has 3 heterocycles. The number of carboxylic acid groups (broad SMARTS) is 1. The van der Waals surface area contributed by atoms with E-state index in [2.05, 4.69) is 172 Å². The summed E-state index contributed by atoms with van der Waals surface area (Å²) in [6, 6.07) is 80.3. The topological polar surface area (TPSA) is 134 Å². The number of carbonyl (C=O) groups is 1. The molecule has 12 nitrogen and oxygen atoms in total. The van der Waals surface area contributed by atoms with Crippen molar-refractivity contribution in [3.63, 3.8) is 0 Å². The van der Waals surface area contributed by atoms with Crippen LogP contribution in [0.25, 0.3) is 58.9 Å². The molecule has 9 aromatic carbocycles. The van der Waals surface area contributed by atoms with Crippen molar-refractivity contribution in [2.75, 3.05) is 43.1 Å². The number of nitriles is 1. The van der Waals surface area contributed by atoms with Crippen molar-refractivity contribution in [2.24, 2.45) is 0 Å². The molecule has 416 valence electrons. The zero-order valence-corrected chi connectivity index (χ0v) is 48.9. The van der Waals surface area contributed by atoms with Crippen molar-refractivity contribution in [2.45, 2.75) is 0 Å². The third-order valence-electron chi connectivity index (χ3n) is 14.5. The highest BCUT2D eigenvalue weighted by Gasteiger charge is 2.21. The Bertz CT molecular complexity index is 4130. The third-order valence-corrected chi connectivity index (χ3v) is 17.5.